The number of unbranched alkanes of at least 4 members (excludes halogenated alkanes) is 10. The van der Waals surface area contributed by atoms with Crippen molar-refractivity contribution >= 4 is 11.9 Å². The molecule has 316 valence electrons. The number of rotatable bonds is 39. The molecule has 0 bridgehead atoms. The molecule has 0 aromatic heterocycles. The Morgan fingerprint density at radius 2 is 0.804 bits per heavy atom. The summed E-state index contributed by atoms with van der Waals surface area (Å²) in [5.41, 5.74) is 0. The summed E-state index contributed by atoms with van der Waals surface area (Å²) in [5, 5.41) is 0. The summed E-state index contributed by atoms with van der Waals surface area (Å²) in [6, 6.07) is 0. The van der Waals surface area contributed by atoms with Gasteiger partial charge < -0.3 is 14.2 Å². The van der Waals surface area contributed by atoms with Crippen LogP contribution >= 0.6 is 0 Å². The number of hydrogen-bond donors (Lipinski definition) is 0. The highest BCUT2D eigenvalue weighted by Crippen LogP contribution is 2.12. The van der Waals surface area contributed by atoms with E-state index in [0.29, 0.717) is 19.4 Å². The van der Waals surface area contributed by atoms with Gasteiger partial charge in [-0.1, -0.05) is 182 Å². The Morgan fingerprint density at radius 3 is 1.29 bits per heavy atom. The second-order valence-electron chi connectivity index (χ2n) is 14.2. The molecule has 0 aromatic rings. The molecule has 0 saturated carbocycles. The van der Waals surface area contributed by atoms with Gasteiger partial charge in [0, 0.05) is 12.8 Å². The summed E-state index contributed by atoms with van der Waals surface area (Å²) in [6.45, 7) is 7.30. The zero-order valence-corrected chi connectivity index (χ0v) is 36.1. The smallest absolute Gasteiger partial charge is 0.306 e. The van der Waals surface area contributed by atoms with Gasteiger partial charge in [0.05, 0.1) is 13.2 Å². The van der Waals surface area contributed by atoms with Gasteiger partial charge in [-0.2, -0.15) is 0 Å². The van der Waals surface area contributed by atoms with Crippen LogP contribution in [0.4, 0.5) is 0 Å². The van der Waals surface area contributed by atoms with Crippen LogP contribution in [0.15, 0.2) is 109 Å². The number of esters is 2. The fraction of sp³-hybridized carbons (Fsp3) is 0.608. The normalized spacial score (nSPS) is 13.3. The van der Waals surface area contributed by atoms with Gasteiger partial charge >= 0.3 is 11.9 Å². The second-order valence-corrected chi connectivity index (χ2v) is 14.2. The maximum Gasteiger partial charge on any atom is 0.306 e. The fourth-order valence-corrected chi connectivity index (χ4v) is 5.56. The molecular formula is C51H82O5. The third-order valence-corrected chi connectivity index (χ3v) is 8.82. The van der Waals surface area contributed by atoms with Gasteiger partial charge in [-0.25, -0.2) is 0 Å². The number of carbonyl (C=O) groups excluding carboxylic acids is 2. The number of carbonyl (C=O) groups is 2. The van der Waals surface area contributed by atoms with E-state index < -0.39 is 6.10 Å². The summed E-state index contributed by atoms with van der Waals surface area (Å²) in [7, 11) is 0. The average Bonchev–Trinajstić information content (AvgIpc) is 3.20. The summed E-state index contributed by atoms with van der Waals surface area (Å²) < 4.78 is 17.1. The van der Waals surface area contributed by atoms with Gasteiger partial charge in [0.15, 0.2) is 6.10 Å². The Labute approximate surface area is 344 Å². The maximum absolute atomic E-state index is 12.7. The molecule has 1 atom stereocenters. The van der Waals surface area contributed by atoms with Crippen molar-refractivity contribution in [2.45, 2.75) is 181 Å². The van der Waals surface area contributed by atoms with Gasteiger partial charge in [-0.15, -0.1) is 0 Å². The molecule has 0 radical (unpaired) electrons. The Kier molecular flexibility index (Phi) is 43.1. The van der Waals surface area contributed by atoms with E-state index in [1.807, 2.05) is 0 Å². The lowest BCUT2D eigenvalue weighted by Gasteiger charge is -2.18. The highest BCUT2D eigenvalue weighted by molar-refractivity contribution is 5.70. The maximum atomic E-state index is 12.7. The van der Waals surface area contributed by atoms with Crippen molar-refractivity contribution in [3.05, 3.63) is 109 Å². The first-order valence-electron chi connectivity index (χ1n) is 22.4. The third-order valence-electron chi connectivity index (χ3n) is 8.82. The van der Waals surface area contributed by atoms with Crippen LogP contribution in [0.3, 0.4) is 0 Å². The fourth-order valence-electron chi connectivity index (χ4n) is 5.56. The molecule has 5 nitrogen and oxygen atoms in total. The van der Waals surface area contributed by atoms with Gasteiger partial charge in [0.2, 0.25) is 0 Å². The minimum Gasteiger partial charge on any atom is -0.462 e. The van der Waals surface area contributed by atoms with Crippen molar-refractivity contribution in [3.63, 3.8) is 0 Å². The van der Waals surface area contributed by atoms with Gasteiger partial charge in [0.25, 0.3) is 0 Å². The predicted octanol–water partition coefficient (Wildman–Crippen LogP) is 14.9. The minimum atomic E-state index is -0.595. The molecule has 5 heteroatoms. The Balaban J connectivity index is 4.44. The molecular weight excluding hydrogens is 693 g/mol. The lowest BCUT2D eigenvalue weighted by atomic mass is 10.1. The lowest BCUT2D eigenvalue weighted by Crippen LogP contribution is -2.30. The standard InChI is InChI=1S/C51H82O5/c1-4-7-10-13-16-19-21-23-25-27-29-31-34-37-40-43-46-54-47-49(56-51(53)45-42-39-36-32-18-15-12-9-6-3)48-55-50(52)44-41-38-35-33-30-28-26-24-22-20-17-14-11-8-5-2/h7-8,10-11,16-17,19-20,23-26,29-31,33,37,40,49H,4-6,9,12-15,18,21-22,27-28,32,34-36,38-39,41-48H2,1-3H3/b10-7-,11-8-,19-16-,20-17-,25-23-,26-24-,31-29-,33-30-,40-37-. The molecule has 56 heavy (non-hydrogen) atoms. The summed E-state index contributed by atoms with van der Waals surface area (Å²) in [5.74, 6) is -0.498. The molecule has 0 aromatic carbocycles. The topological polar surface area (TPSA) is 61.8 Å². The van der Waals surface area contributed by atoms with E-state index in [4.69, 9.17) is 14.2 Å². The third kappa shape index (κ3) is 43.3. The first-order valence-corrected chi connectivity index (χ1v) is 22.4. The number of hydrogen-bond acceptors (Lipinski definition) is 5. The van der Waals surface area contributed by atoms with Crippen molar-refractivity contribution in [2.75, 3.05) is 19.8 Å². The van der Waals surface area contributed by atoms with Crippen LogP contribution in [0.1, 0.15) is 175 Å². The van der Waals surface area contributed by atoms with Gasteiger partial charge in [-0.05, 0) is 89.9 Å². The Hall–Kier alpha value is -3.44. The Morgan fingerprint density at radius 1 is 0.411 bits per heavy atom. The van der Waals surface area contributed by atoms with E-state index in [0.717, 1.165) is 103 Å². The highest BCUT2D eigenvalue weighted by atomic mass is 16.6. The summed E-state index contributed by atoms with van der Waals surface area (Å²) in [6.07, 6.45) is 62.6. The van der Waals surface area contributed by atoms with E-state index in [9.17, 15) is 9.59 Å². The van der Waals surface area contributed by atoms with Crippen molar-refractivity contribution < 1.29 is 23.8 Å². The average molecular weight is 775 g/mol. The van der Waals surface area contributed by atoms with Crippen LogP contribution < -0.4 is 0 Å². The quantitative estimate of drug-likeness (QED) is 0.0354. The van der Waals surface area contributed by atoms with Crippen molar-refractivity contribution in [1.82, 2.24) is 0 Å². The van der Waals surface area contributed by atoms with Crippen LogP contribution in [0.25, 0.3) is 0 Å². The molecule has 0 saturated heterocycles. The van der Waals surface area contributed by atoms with Gasteiger partial charge in [-0.3, -0.25) is 9.59 Å². The van der Waals surface area contributed by atoms with E-state index >= 15 is 0 Å². The second kappa shape index (κ2) is 45.9. The molecule has 0 rings (SSSR count). The molecule has 0 aliphatic heterocycles. The number of allylic oxidation sites excluding steroid dienone is 17. The molecule has 1 unspecified atom stereocenters. The Bertz CT molecular complexity index is 1150. The van der Waals surface area contributed by atoms with E-state index in [1.54, 1.807) is 0 Å². The van der Waals surface area contributed by atoms with Crippen LogP contribution in [0.2, 0.25) is 0 Å². The van der Waals surface area contributed by atoms with E-state index in [1.165, 1.54) is 38.5 Å². The summed E-state index contributed by atoms with van der Waals surface area (Å²) in [4.78, 5) is 25.2. The van der Waals surface area contributed by atoms with E-state index in [2.05, 4.69) is 130 Å². The number of ether oxygens (including phenoxy) is 3. The van der Waals surface area contributed by atoms with Gasteiger partial charge in [0.1, 0.15) is 6.61 Å². The summed E-state index contributed by atoms with van der Waals surface area (Å²) >= 11 is 0. The van der Waals surface area contributed by atoms with Crippen molar-refractivity contribution in [1.29, 1.82) is 0 Å². The SMILES string of the molecule is CC/C=C\C/C=C\C/C=C\C/C=C\C/C=C\CCOCC(COC(=O)CCCC/C=C\C/C=C\C/C=C\C/C=C\CC)OC(=O)CCCCCCCCCCC. The molecule has 0 fully saturated rings. The first-order chi connectivity index (χ1) is 27.6. The van der Waals surface area contributed by atoms with Crippen molar-refractivity contribution in [2.24, 2.45) is 0 Å². The largest absolute Gasteiger partial charge is 0.462 e. The monoisotopic (exact) mass is 775 g/mol. The lowest BCUT2D eigenvalue weighted by molar-refractivity contribution is -0.162. The minimum absolute atomic E-state index is 0.0286. The molecule has 0 amide bonds. The van der Waals surface area contributed by atoms with Crippen LogP contribution in [-0.4, -0.2) is 37.9 Å². The molecule has 0 aliphatic carbocycles. The first kappa shape index (κ1) is 52.6. The predicted molar refractivity (Wildman–Crippen MR) is 242 cm³/mol. The molecule has 0 N–H and O–H groups in total. The van der Waals surface area contributed by atoms with Crippen LogP contribution in [0.5, 0.6) is 0 Å². The zero-order chi connectivity index (χ0) is 40.7. The zero-order valence-electron chi connectivity index (χ0n) is 36.1. The van der Waals surface area contributed by atoms with E-state index in [-0.39, 0.29) is 25.2 Å². The molecule has 0 aliphatic rings. The highest BCUT2D eigenvalue weighted by Gasteiger charge is 2.17. The van der Waals surface area contributed by atoms with Crippen LogP contribution in [0, 0.1) is 0 Å². The molecule has 0 spiro atoms. The molecule has 0 heterocycles. The van der Waals surface area contributed by atoms with Crippen molar-refractivity contribution in [3.8, 4) is 0 Å². The van der Waals surface area contributed by atoms with Crippen LogP contribution in [-0.2, 0) is 23.8 Å².